The number of nitrogens with two attached hydrogens (primary N) is 1. The van der Waals surface area contributed by atoms with Crippen LogP contribution in [0.2, 0.25) is 0 Å². The van der Waals surface area contributed by atoms with Gasteiger partial charge >= 0.3 is 0 Å². The third-order valence-electron chi connectivity index (χ3n) is 3.41. The zero-order valence-corrected chi connectivity index (χ0v) is 10.8. The molecule has 0 saturated carbocycles. The molecule has 0 aliphatic rings. The summed E-state index contributed by atoms with van der Waals surface area (Å²) in [5, 5.41) is 0. The van der Waals surface area contributed by atoms with Gasteiger partial charge < -0.3 is 10.7 Å². The van der Waals surface area contributed by atoms with Crippen molar-refractivity contribution >= 4 is 11.0 Å². The first kappa shape index (κ1) is 12.1. The first-order chi connectivity index (χ1) is 8.10. The van der Waals surface area contributed by atoms with E-state index in [9.17, 15) is 0 Å². The molecule has 0 aliphatic heterocycles. The molecule has 3 N–H and O–H groups in total. The molecule has 0 fully saturated rings. The van der Waals surface area contributed by atoms with Gasteiger partial charge in [-0.3, -0.25) is 0 Å². The second-order valence-electron chi connectivity index (χ2n) is 5.12. The SMILES string of the molecule is Cc1nc2ccc(CC(CN)C(C)C)cc2[nH]1. The normalized spacial score (nSPS) is 13.5. The Morgan fingerprint density at radius 3 is 2.76 bits per heavy atom. The summed E-state index contributed by atoms with van der Waals surface area (Å²) in [6, 6.07) is 6.44. The Morgan fingerprint density at radius 2 is 2.12 bits per heavy atom. The van der Waals surface area contributed by atoms with Crippen molar-refractivity contribution in [3.8, 4) is 0 Å². The fourth-order valence-corrected chi connectivity index (χ4v) is 2.21. The van der Waals surface area contributed by atoms with E-state index in [1.807, 2.05) is 6.92 Å². The Kier molecular flexibility index (Phi) is 3.48. The second kappa shape index (κ2) is 4.88. The van der Waals surface area contributed by atoms with Crippen molar-refractivity contribution in [2.24, 2.45) is 17.6 Å². The molecule has 3 heteroatoms. The largest absolute Gasteiger partial charge is 0.342 e. The lowest BCUT2D eigenvalue weighted by molar-refractivity contribution is 0.392. The average molecular weight is 231 g/mol. The Hall–Kier alpha value is -1.35. The number of H-pyrrole nitrogens is 1. The lowest BCUT2D eigenvalue weighted by Crippen LogP contribution is -2.22. The molecular weight excluding hydrogens is 210 g/mol. The van der Waals surface area contributed by atoms with E-state index in [1.54, 1.807) is 0 Å². The highest BCUT2D eigenvalue weighted by Crippen LogP contribution is 2.19. The zero-order chi connectivity index (χ0) is 12.4. The first-order valence-electron chi connectivity index (χ1n) is 6.25. The Balaban J connectivity index is 2.23. The highest BCUT2D eigenvalue weighted by atomic mass is 14.9. The number of nitrogens with zero attached hydrogens (tertiary/aromatic N) is 1. The van der Waals surface area contributed by atoms with Gasteiger partial charge in [0, 0.05) is 0 Å². The van der Waals surface area contributed by atoms with Crippen LogP contribution in [-0.2, 0) is 6.42 Å². The van der Waals surface area contributed by atoms with Gasteiger partial charge in [0.05, 0.1) is 11.0 Å². The van der Waals surface area contributed by atoms with Crippen LogP contribution < -0.4 is 5.73 Å². The highest BCUT2D eigenvalue weighted by Gasteiger charge is 2.12. The van der Waals surface area contributed by atoms with Gasteiger partial charge in [-0.25, -0.2) is 4.98 Å². The zero-order valence-electron chi connectivity index (χ0n) is 10.8. The number of nitrogens with one attached hydrogen (secondary N) is 1. The van der Waals surface area contributed by atoms with Gasteiger partial charge in [0.15, 0.2) is 0 Å². The number of aromatic nitrogens is 2. The molecule has 0 saturated heterocycles. The average Bonchev–Trinajstić information content (AvgIpc) is 2.64. The minimum absolute atomic E-state index is 0.552. The summed E-state index contributed by atoms with van der Waals surface area (Å²) in [6.45, 7) is 7.20. The molecule has 0 amide bonds. The van der Waals surface area contributed by atoms with Crippen molar-refractivity contribution in [1.82, 2.24) is 9.97 Å². The molecule has 0 spiro atoms. The van der Waals surface area contributed by atoms with E-state index in [0.717, 1.165) is 29.8 Å². The molecule has 3 nitrogen and oxygen atoms in total. The summed E-state index contributed by atoms with van der Waals surface area (Å²) in [7, 11) is 0. The van der Waals surface area contributed by atoms with Crippen LogP contribution in [0.1, 0.15) is 25.2 Å². The van der Waals surface area contributed by atoms with Gasteiger partial charge in [-0.1, -0.05) is 19.9 Å². The van der Waals surface area contributed by atoms with Crippen LogP contribution in [0.15, 0.2) is 18.2 Å². The van der Waals surface area contributed by atoms with E-state index < -0.39 is 0 Å². The lowest BCUT2D eigenvalue weighted by Gasteiger charge is -2.18. The van der Waals surface area contributed by atoms with E-state index in [0.29, 0.717) is 11.8 Å². The maximum Gasteiger partial charge on any atom is 0.104 e. The van der Waals surface area contributed by atoms with E-state index >= 15 is 0 Å². The van der Waals surface area contributed by atoms with Crippen molar-refractivity contribution in [2.45, 2.75) is 27.2 Å². The van der Waals surface area contributed by atoms with Crippen LogP contribution in [-0.4, -0.2) is 16.5 Å². The van der Waals surface area contributed by atoms with Crippen molar-refractivity contribution < 1.29 is 0 Å². The maximum absolute atomic E-state index is 5.82. The molecule has 1 aromatic carbocycles. The molecule has 0 aliphatic carbocycles. The van der Waals surface area contributed by atoms with Gasteiger partial charge in [0.25, 0.3) is 0 Å². The molecule has 2 aromatic rings. The summed E-state index contributed by atoms with van der Waals surface area (Å²) in [5.41, 5.74) is 9.32. The number of imidazole rings is 1. The quantitative estimate of drug-likeness (QED) is 0.850. The van der Waals surface area contributed by atoms with Crippen LogP contribution in [0.3, 0.4) is 0 Å². The minimum Gasteiger partial charge on any atom is -0.342 e. The molecule has 2 rings (SSSR count). The maximum atomic E-state index is 5.82. The molecule has 17 heavy (non-hydrogen) atoms. The van der Waals surface area contributed by atoms with Crippen LogP contribution in [0.4, 0.5) is 0 Å². The van der Waals surface area contributed by atoms with Crippen molar-refractivity contribution in [3.63, 3.8) is 0 Å². The van der Waals surface area contributed by atoms with Crippen LogP contribution in [0, 0.1) is 18.8 Å². The molecule has 0 radical (unpaired) electrons. The third-order valence-corrected chi connectivity index (χ3v) is 3.41. The topological polar surface area (TPSA) is 54.7 Å². The number of benzene rings is 1. The van der Waals surface area contributed by atoms with Crippen molar-refractivity contribution in [1.29, 1.82) is 0 Å². The first-order valence-corrected chi connectivity index (χ1v) is 6.25. The van der Waals surface area contributed by atoms with Crippen molar-refractivity contribution in [2.75, 3.05) is 6.54 Å². The Bertz CT molecular complexity index is 499. The van der Waals surface area contributed by atoms with Crippen LogP contribution >= 0.6 is 0 Å². The lowest BCUT2D eigenvalue weighted by atomic mass is 9.89. The van der Waals surface area contributed by atoms with E-state index in [4.69, 9.17) is 5.73 Å². The summed E-state index contributed by atoms with van der Waals surface area (Å²) >= 11 is 0. The summed E-state index contributed by atoms with van der Waals surface area (Å²) in [5.74, 6) is 2.15. The number of rotatable bonds is 4. The van der Waals surface area contributed by atoms with E-state index in [-0.39, 0.29) is 0 Å². The summed E-state index contributed by atoms with van der Waals surface area (Å²) in [6.07, 6.45) is 1.04. The number of hydrogen-bond donors (Lipinski definition) is 2. The van der Waals surface area contributed by atoms with Gasteiger partial charge in [0.2, 0.25) is 0 Å². The fraction of sp³-hybridized carbons (Fsp3) is 0.500. The molecule has 92 valence electrons. The van der Waals surface area contributed by atoms with E-state index in [1.165, 1.54) is 5.56 Å². The fourth-order valence-electron chi connectivity index (χ4n) is 2.21. The van der Waals surface area contributed by atoms with Crippen molar-refractivity contribution in [3.05, 3.63) is 29.6 Å². The number of aryl methyl sites for hydroxylation is 1. The van der Waals surface area contributed by atoms with Gasteiger partial charge in [0.1, 0.15) is 5.82 Å². The molecular formula is C14H21N3. The molecule has 1 atom stereocenters. The van der Waals surface area contributed by atoms with Crippen LogP contribution in [0.25, 0.3) is 11.0 Å². The molecule has 1 aromatic heterocycles. The van der Waals surface area contributed by atoms with Gasteiger partial charge in [-0.2, -0.15) is 0 Å². The number of fused-ring (bicyclic) bond motifs is 1. The number of hydrogen-bond acceptors (Lipinski definition) is 2. The Labute approximate surface area is 102 Å². The van der Waals surface area contributed by atoms with Crippen LogP contribution in [0.5, 0.6) is 0 Å². The Morgan fingerprint density at radius 1 is 1.35 bits per heavy atom. The van der Waals surface area contributed by atoms with E-state index in [2.05, 4.69) is 42.0 Å². The standard InChI is InChI=1S/C14H21N3/c1-9(2)12(8-15)6-11-4-5-13-14(7-11)17-10(3)16-13/h4-5,7,9,12H,6,8,15H2,1-3H3,(H,16,17). The molecule has 1 unspecified atom stereocenters. The number of aromatic amines is 1. The summed E-state index contributed by atoms with van der Waals surface area (Å²) in [4.78, 5) is 7.69. The predicted molar refractivity (Wildman–Crippen MR) is 71.9 cm³/mol. The smallest absolute Gasteiger partial charge is 0.104 e. The molecule has 1 heterocycles. The summed E-state index contributed by atoms with van der Waals surface area (Å²) < 4.78 is 0. The monoisotopic (exact) mass is 231 g/mol. The van der Waals surface area contributed by atoms with Gasteiger partial charge in [-0.05, 0) is 49.4 Å². The highest BCUT2D eigenvalue weighted by molar-refractivity contribution is 5.75. The minimum atomic E-state index is 0.552. The second-order valence-corrected chi connectivity index (χ2v) is 5.12. The third kappa shape index (κ3) is 2.67. The predicted octanol–water partition coefficient (Wildman–Crippen LogP) is 2.64. The van der Waals surface area contributed by atoms with Gasteiger partial charge in [-0.15, -0.1) is 0 Å². The molecule has 0 bridgehead atoms.